The second kappa shape index (κ2) is 5.75. The number of carbonyl (C=O) groups excluding carboxylic acids is 1. The summed E-state index contributed by atoms with van der Waals surface area (Å²) in [5.74, 6) is 0.737. The highest BCUT2D eigenvalue weighted by atomic mass is 16.1. The number of nitrogens with zero attached hydrogens (tertiary/aromatic N) is 2. The number of amides is 1. The minimum absolute atomic E-state index is 0.0293. The van der Waals surface area contributed by atoms with E-state index in [2.05, 4.69) is 20.3 Å². The Balaban J connectivity index is 1.64. The Hall–Kier alpha value is -2.69. The van der Waals surface area contributed by atoms with Crippen LogP contribution in [0.5, 0.6) is 0 Å². The average molecular weight is 280 g/mol. The molecule has 106 valence electrons. The minimum Gasteiger partial charge on any atom is -0.349 e. The summed E-state index contributed by atoms with van der Waals surface area (Å²) < 4.78 is 0. The van der Waals surface area contributed by atoms with Crippen LogP contribution in [0.4, 0.5) is 0 Å². The topological polar surface area (TPSA) is 70.7 Å². The fourth-order valence-corrected chi connectivity index (χ4v) is 2.24. The maximum atomic E-state index is 11.9. The summed E-state index contributed by atoms with van der Waals surface area (Å²) >= 11 is 0. The number of pyridine rings is 1. The van der Waals surface area contributed by atoms with Crippen molar-refractivity contribution < 1.29 is 4.79 Å². The largest absolute Gasteiger partial charge is 0.349 e. The van der Waals surface area contributed by atoms with Gasteiger partial charge in [0.2, 0.25) is 5.91 Å². The fraction of sp³-hybridized carbons (Fsp3) is 0.188. The molecule has 3 aromatic rings. The third kappa shape index (κ3) is 3.08. The Morgan fingerprint density at radius 1 is 1.24 bits per heavy atom. The van der Waals surface area contributed by atoms with Gasteiger partial charge in [-0.1, -0.05) is 12.1 Å². The normalized spacial score (nSPS) is 10.7. The van der Waals surface area contributed by atoms with Gasteiger partial charge >= 0.3 is 0 Å². The van der Waals surface area contributed by atoms with Crippen LogP contribution >= 0.6 is 0 Å². The second-order valence-corrected chi connectivity index (χ2v) is 4.96. The summed E-state index contributed by atoms with van der Waals surface area (Å²) in [6.07, 6.45) is 3.72. The molecule has 0 saturated carbocycles. The molecule has 2 aromatic heterocycles. The van der Waals surface area contributed by atoms with Crippen LogP contribution in [0.15, 0.2) is 42.7 Å². The van der Waals surface area contributed by atoms with E-state index in [1.54, 1.807) is 12.4 Å². The van der Waals surface area contributed by atoms with Gasteiger partial charge in [-0.2, -0.15) is 0 Å². The van der Waals surface area contributed by atoms with Crippen LogP contribution in [0.1, 0.15) is 17.0 Å². The number of hydrogen-bond donors (Lipinski definition) is 2. The van der Waals surface area contributed by atoms with Crippen molar-refractivity contribution in [3.05, 3.63) is 59.7 Å². The van der Waals surface area contributed by atoms with Crippen LogP contribution in [0, 0.1) is 6.92 Å². The lowest BCUT2D eigenvalue weighted by Gasteiger charge is -2.03. The molecular formula is C16H16N4O. The zero-order valence-corrected chi connectivity index (χ0v) is 11.8. The van der Waals surface area contributed by atoms with Gasteiger partial charge < -0.3 is 10.3 Å². The molecule has 3 rings (SSSR count). The number of imidazole rings is 1. The molecule has 5 nitrogen and oxygen atoms in total. The second-order valence-electron chi connectivity index (χ2n) is 4.96. The van der Waals surface area contributed by atoms with Crippen molar-refractivity contribution >= 4 is 16.9 Å². The van der Waals surface area contributed by atoms with Gasteiger partial charge in [-0.15, -0.1) is 0 Å². The highest BCUT2D eigenvalue weighted by Gasteiger charge is 2.07. The first-order valence-electron chi connectivity index (χ1n) is 6.82. The average Bonchev–Trinajstić information content (AvgIpc) is 2.91. The van der Waals surface area contributed by atoms with E-state index in [1.165, 1.54) is 0 Å². The molecule has 0 radical (unpaired) electrons. The van der Waals surface area contributed by atoms with Gasteiger partial charge in [-0.05, 0) is 36.2 Å². The number of nitrogens with one attached hydrogen (secondary N) is 2. The van der Waals surface area contributed by atoms with E-state index in [0.29, 0.717) is 13.0 Å². The van der Waals surface area contributed by atoms with E-state index in [-0.39, 0.29) is 5.91 Å². The van der Waals surface area contributed by atoms with E-state index < -0.39 is 0 Å². The molecule has 0 aliphatic carbocycles. The lowest BCUT2D eigenvalue weighted by molar-refractivity contribution is -0.120. The minimum atomic E-state index is -0.0293. The smallest absolute Gasteiger partial charge is 0.224 e. The van der Waals surface area contributed by atoms with Crippen molar-refractivity contribution in [1.82, 2.24) is 20.3 Å². The number of fused-ring (bicyclic) bond motifs is 1. The SMILES string of the molecule is Cc1cccc2[nH]c(CNC(=O)Cc3ccncc3)nc12. The number of aromatic amines is 1. The Kier molecular flexibility index (Phi) is 3.64. The van der Waals surface area contributed by atoms with Crippen LogP contribution in [-0.2, 0) is 17.8 Å². The summed E-state index contributed by atoms with van der Waals surface area (Å²) in [4.78, 5) is 23.6. The first-order valence-corrected chi connectivity index (χ1v) is 6.82. The van der Waals surface area contributed by atoms with Gasteiger partial charge in [0, 0.05) is 12.4 Å². The van der Waals surface area contributed by atoms with E-state index >= 15 is 0 Å². The molecule has 1 amide bonds. The monoisotopic (exact) mass is 280 g/mol. The molecule has 0 spiro atoms. The number of benzene rings is 1. The van der Waals surface area contributed by atoms with E-state index in [4.69, 9.17) is 0 Å². The zero-order valence-electron chi connectivity index (χ0n) is 11.8. The summed E-state index contributed by atoms with van der Waals surface area (Å²) in [5.41, 5.74) is 4.02. The Labute approximate surface area is 122 Å². The standard InChI is InChI=1S/C16H16N4O/c1-11-3-2-4-13-16(11)20-14(19-13)10-18-15(21)9-12-5-7-17-8-6-12/h2-8H,9-10H2,1H3,(H,18,21)(H,19,20). The predicted molar refractivity (Wildman–Crippen MR) is 80.6 cm³/mol. The van der Waals surface area contributed by atoms with Crippen molar-refractivity contribution in [1.29, 1.82) is 0 Å². The third-order valence-corrected chi connectivity index (χ3v) is 3.33. The van der Waals surface area contributed by atoms with Crippen molar-refractivity contribution in [3.63, 3.8) is 0 Å². The molecule has 0 aliphatic rings. The molecule has 0 bridgehead atoms. The number of carbonyl (C=O) groups is 1. The number of rotatable bonds is 4. The summed E-state index contributed by atoms with van der Waals surface area (Å²) in [5, 5.41) is 2.87. The molecule has 5 heteroatoms. The Bertz CT molecular complexity index is 764. The number of aryl methyl sites for hydroxylation is 1. The molecule has 0 saturated heterocycles. The molecule has 0 atom stereocenters. The number of H-pyrrole nitrogens is 1. The van der Waals surface area contributed by atoms with Gasteiger partial charge in [0.05, 0.1) is 24.0 Å². The molecular weight excluding hydrogens is 264 g/mol. The van der Waals surface area contributed by atoms with Crippen molar-refractivity contribution in [2.45, 2.75) is 19.9 Å². The maximum Gasteiger partial charge on any atom is 0.224 e. The van der Waals surface area contributed by atoms with Crippen LogP contribution in [0.3, 0.4) is 0 Å². The van der Waals surface area contributed by atoms with Crippen molar-refractivity contribution in [2.75, 3.05) is 0 Å². The highest BCUT2D eigenvalue weighted by molar-refractivity contribution is 5.80. The first kappa shape index (κ1) is 13.3. The van der Waals surface area contributed by atoms with Crippen LogP contribution in [-0.4, -0.2) is 20.9 Å². The number of hydrogen-bond acceptors (Lipinski definition) is 3. The van der Waals surface area contributed by atoms with Gasteiger partial charge in [0.15, 0.2) is 0 Å². The first-order chi connectivity index (χ1) is 10.2. The molecule has 2 heterocycles. The Morgan fingerprint density at radius 3 is 2.81 bits per heavy atom. The van der Waals surface area contributed by atoms with Crippen LogP contribution in [0.2, 0.25) is 0 Å². The Morgan fingerprint density at radius 2 is 2.05 bits per heavy atom. The highest BCUT2D eigenvalue weighted by Crippen LogP contribution is 2.15. The number of para-hydroxylation sites is 1. The van der Waals surface area contributed by atoms with E-state index in [0.717, 1.165) is 28.0 Å². The van der Waals surface area contributed by atoms with Gasteiger partial charge in [0.1, 0.15) is 5.82 Å². The summed E-state index contributed by atoms with van der Waals surface area (Å²) in [6, 6.07) is 9.67. The lowest BCUT2D eigenvalue weighted by atomic mass is 10.2. The predicted octanol–water partition coefficient (Wildman–Crippen LogP) is 2.13. The van der Waals surface area contributed by atoms with Gasteiger partial charge in [-0.3, -0.25) is 9.78 Å². The lowest BCUT2D eigenvalue weighted by Crippen LogP contribution is -2.25. The third-order valence-electron chi connectivity index (χ3n) is 3.33. The van der Waals surface area contributed by atoms with Crippen molar-refractivity contribution in [3.8, 4) is 0 Å². The molecule has 2 N–H and O–H groups in total. The molecule has 0 fully saturated rings. The van der Waals surface area contributed by atoms with E-state index in [1.807, 2.05) is 37.3 Å². The van der Waals surface area contributed by atoms with Crippen LogP contribution in [0.25, 0.3) is 11.0 Å². The van der Waals surface area contributed by atoms with Gasteiger partial charge in [-0.25, -0.2) is 4.98 Å². The molecule has 0 unspecified atom stereocenters. The van der Waals surface area contributed by atoms with Gasteiger partial charge in [0.25, 0.3) is 0 Å². The van der Waals surface area contributed by atoms with Crippen LogP contribution < -0.4 is 5.32 Å². The fourth-order valence-electron chi connectivity index (χ4n) is 2.24. The molecule has 0 aliphatic heterocycles. The summed E-state index contributed by atoms with van der Waals surface area (Å²) in [6.45, 7) is 2.42. The van der Waals surface area contributed by atoms with E-state index in [9.17, 15) is 4.79 Å². The summed E-state index contributed by atoms with van der Waals surface area (Å²) in [7, 11) is 0. The zero-order chi connectivity index (χ0) is 14.7. The number of aromatic nitrogens is 3. The van der Waals surface area contributed by atoms with Crippen molar-refractivity contribution in [2.24, 2.45) is 0 Å². The maximum absolute atomic E-state index is 11.9. The quantitative estimate of drug-likeness (QED) is 0.769. The molecule has 21 heavy (non-hydrogen) atoms. The molecule has 1 aromatic carbocycles.